The molecule has 1 heterocycles. The molecule has 0 spiro atoms. The van der Waals surface area contributed by atoms with Gasteiger partial charge in [0.1, 0.15) is 0 Å². The minimum absolute atomic E-state index is 0.274. The summed E-state index contributed by atoms with van der Waals surface area (Å²) in [6, 6.07) is 0. The van der Waals surface area contributed by atoms with E-state index in [0.717, 1.165) is 30.9 Å². The number of nitrogens with zero attached hydrogens (tertiary/aromatic N) is 1. The quantitative estimate of drug-likeness (QED) is 0.736. The van der Waals surface area contributed by atoms with E-state index in [1.165, 1.54) is 0 Å². The largest absolute Gasteiger partial charge is 0.481 e. The van der Waals surface area contributed by atoms with E-state index in [4.69, 9.17) is 5.11 Å². The normalized spacial score (nSPS) is 12.3. The molecule has 0 saturated heterocycles. The van der Waals surface area contributed by atoms with E-state index in [-0.39, 0.29) is 6.42 Å². The van der Waals surface area contributed by atoms with Gasteiger partial charge in [-0.15, -0.1) is 11.3 Å². The number of thiazole rings is 1. The van der Waals surface area contributed by atoms with Gasteiger partial charge in [0.05, 0.1) is 0 Å². The van der Waals surface area contributed by atoms with Gasteiger partial charge in [-0.1, -0.05) is 13.3 Å². The van der Waals surface area contributed by atoms with E-state index in [9.17, 15) is 4.79 Å². The average molecular weight is 242 g/mol. The molecular formula is C11H18N2O2S. The lowest BCUT2D eigenvalue weighted by Gasteiger charge is -2.13. The molecule has 90 valence electrons. The Morgan fingerprint density at radius 2 is 2.44 bits per heavy atom. The number of carboxylic acids is 1. The maximum atomic E-state index is 10.5. The Hall–Kier alpha value is -1.10. The summed E-state index contributed by atoms with van der Waals surface area (Å²) in [5.41, 5.74) is 0. The molecule has 4 nitrogen and oxygen atoms in total. The number of hydrogen-bond acceptors (Lipinski definition) is 4. The van der Waals surface area contributed by atoms with Crippen LogP contribution in [-0.4, -0.2) is 22.6 Å². The molecular weight excluding hydrogens is 224 g/mol. The highest BCUT2D eigenvalue weighted by Gasteiger charge is 2.08. The minimum atomic E-state index is -0.702. The first-order chi connectivity index (χ1) is 7.72. The lowest BCUT2D eigenvalue weighted by Crippen LogP contribution is -2.10. The Kier molecular flexibility index (Phi) is 5.85. The van der Waals surface area contributed by atoms with Gasteiger partial charge >= 0.3 is 5.97 Å². The first-order valence-corrected chi connectivity index (χ1v) is 6.45. The van der Waals surface area contributed by atoms with Crippen LogP contribution in [0.25, 0.3) is 0 Å². The fourth-order valence-corrected chi connectivity index (χ4v) is 2.13. The first kappa shape index (κ1) is 13.0. The molecule has 1 unspecified atom stereocenters. The predicted octanol–water partition coefficient (Wildman–Crippen LogP) is 2.84. The van der Waals surface area contributed by atoms with Gasteiger partial charge in [0.25, 0.3) is 0 Å². The van der Waals surface area contributed by atoms with Crippen molar-refractivity contribution < 1.29 is 9.90 Å². The van der Waals surface area contributed by atoms with Crippen LogP contribution in [0.5, 0.6) is 0 Å². The Balaban J connectivity index is 2.16. The van der Waals surface area contributed by atoms with Crippen molar-refractivity contribution in [2.75, 3.05) is 11.9 Å². The van der Waals surface area contributed by atoms with Crippen LogP contribution in [0.2, 0.25) is 0 Å². The van der Waals surface area contributed by atoms with Crippen molar-refractivity contribution in [1.82, 2.24) is 4.98 Å². The van der Waals surface area contributed by atoms with Crippen LogP contribution in [-0.2, 0) is 4.79 Å². The average Bonchev–Trinajstić information content (AvgIpc) is 2.75. The third kappa shape index (κ3) is 5.11. The maximum absolute atomic E-state index is 10.5. The van der Waals surface area contributed by atoms with Crippen LogP contribution >= 0.6 is 11.3 Å². The van der Waals surface area contributed by atoms with Crippen molar-refractivity contribution in [3.8, 4) is 0 Å². The Morgan fingerprint density at radius 1 is 1.62 bits per heavy atom. The lowest BCUT2D eigenvalue weighted by atomic mass is 9.97. The van der Waals surface area contributed by atoms with Gasteiger partial charge in [0.15, 0.2) is 5.13 Å². The third-order valence-electron chi connectivity index (χ3n) is 2.60. The molecule has 0 aliphatic rings. The highest BCUT2D eigenvalue weighted by molar-refractivity contribution is 7.13. The van der Waals surface area contributed by atoms with Gasteiger partial charge < -0.3 is 10.4 Å². The molecule has 0 aliphatic carbocycles. The second-order valence-electron chi connectivity index (χ2n) is 3.76. The van der Waals surface area contributed by atoms with Crippen molar-refractivity contribution in [1.29, 1.82) is 0 Å². The Labute approximate surface area is 99.7 Å². The third-order valence-corrected chi connectivity index (χ3v) is 3.34. The van der Waals surface area contributed by atoms with Gasteiger partial charge in [-0.3, -0.25) is 4.79 Å². The zero-order chi connectivity index (χ0) is 11.8. The van der Waals surface area contributed by atoms with E-state index in [1.54, 1.807) is 17.5 Å². The molecule has 1 aromatic rings. The lowest BCUT2D eigenvalue weighted by molar-refractivity contribution is -0.137. The minimum Gasteiger partial charge on any atom is -0.481 e. The SMILES string of the molecule is CCC(CCNc1nccs1)CCC(=O)O. The summed E-state index contributed by atoms with van der Waals surface area (Å²) < 4.78 is 0. The van der Waals surface area contributed by atoms with E-state index < -0.39 is 5.97 Å². The first-order valence-electron chi connectivity index (χ1n) is 5.57. The predicted molar refractivity (Wildman–Crippen MR) is 65.9 cm³/mol. The molecule has 1 aromatic heterocycles. The van der Waals surface area contributed by atoms with Crippen LogP contribution < -0.4 is 5.32 Å². The smallest absolute Gasteiger partial charge is 0.303 e. The van der Waals surface area contributed by atoms with Crippen LogP contribution in [0, 0.1) is 5.92 Å². The summed E-state index contributed by atoms with van der Waals surface area (Å²) in [7, 11) is 0. The van der Waals surface area contributed by atoms with Gasteiger partial charge in [-0.05, 0) is 18.8 Å². The fraction of sp³-hybridized carbons (Fsp3) is 0.636. The number of hydrogen-bond donors (Lipinski definition) is 2. The van der Waals surface area contributed by atoms with Crippen LogP contribution in [0.15, 0.2) is 11.6 Å². The molecule has 0 aromatic carbocycles. The summed E-state index contributed by atoms with van der Waals surface area (Å²) in [6.07, 6.45) is 4.85. The molecule has 1 atom stereocenters. The molecule has 5 heteroatoms. The highest BCUT2D eigenvalue weighted by Crippen LogP contribution is 2.16. The molecule has 16 heavy (non-hydrogen) atoms. The van der Waals surface area contributed by atoms with Crippen LogP contribution in [0.1, 0.15) is 32.6 Å². The molecule has 2 N–H and O–H groups in total. The second-order valence-corrected chi connectivity index (χ2v) is 4.65. The topological polar surface area (TPSA) is 62.2 Å². The zero-order valence-corrected chi connectivity index (χ0v) is 10.3. The Bertz CT molecular complexity index is 301. The number of carbonyl (C=O) groups is 1. The molecule has 0 radical (unpaired) electrons. The Morgan fingerprint density at radius 3 is 3.00 bits per heavy atom. The van der Waals surface area contributed by atoms with E-state index in [1.807, 2.05) is 5.38 Å². The number of nitrogens with one attached hydrogen (secondary N) is 1. The second kappa shape index (κ2) is 7.22. The highest BCUT2D eigenvalue weighted by atomic mass is 32.1. The van der Waals surface area contributed by atoms with Crippen LogP contribution in [0.3, 0.4) is 0 Å². The fourth-order valence-electron chi connectivity index (χ4n) is 1.57. The molecule has 0 bridgehead atoms. The van der Waals surface area contributed by atoms with Crippen molar-refractivity contribution in [2.24, 2.45) is 5.92 Å². The van der Waals surface area contributed by atoms with Crippen molar-refractivity contribution in [3.63, 3.8) is 0 Å². The molecule has 0 saturated carbocycles. The van der Waals surface area contributed by atoms with Gasteiger partial charge in [0, 0.05) is 24.5 Å². The summed E-state index contributed by atoms with van der Waals surface area (Å²) in [6.45, 7) is 2.97. The summed E-state index contributed by atoms with van der Waals surface area (Å²) in [5.74, 6) is -0.213. The number of aliphatic carboxylic acids is 1. The zero-order valence-electron chi connectivity index (χ0n) is 9.48. The molecule has 1 rings (SSSR count). The van der Waals surface area contributed by atoms with E-state index in [2.05, 4.69) is 17.2 Å². The van der Waals surface area contributed by atoms with Gasteiger partial charge in [-0.25, -0.2) is 4.98 Å². The van der Waals surface area contributed by atoms with Crippen molar-refractivity contribution in [3.05, 3.63) is 11.6 Å². The summed E-state index contributed by atoms with van der Waals surface area (Å²) >= 11 is 1.58. The molecule has 0 amide bonds. The van der Waals surface area contributed by atoms with E-state index >= 15 is 0 Å². The van der Waals surface area contributed by atoms with E-state index in [0.29, 0.717) is 5.92 Å². The summed E-state index contributed by atoms with van der Waals surface area (Å²) in [5, 5.41) is 14.7. The van der Waals surface area contributed by atoms with Gasteiger partial charge in [0.2, 0.25) is 0 Å². The summed E-state index contributed by atoms with van der Waals surface area (Å²) in [4.78, 5) is 14.6. The maximum Gasteiger partial charge on any atom is 0.303 e. The monoisotopic (exact) mass is 242 g/mol. The number of aromatic nitrogens is 1. The van der Waals surface area contributed by atoms with Gasteiger partial charge in [-0.2, -0.15) is 0 Å². The number of rotatable bonds is 8. The molecule has 0 aliphatic heterocycles. The van der Waals surface area contributed by atoms with Crippen LogP contribution in [0.4, 0.5) is 5.13 Å². The number of carboxylic acid groups (broad SMARTS) is 1. The standard InChI is InChI=1S/C11H18N2O2S/c1-2-9(3-4-10(14)15)5-6-12-11-13-7-8-16-11/h7-9H,2-6H2,1H3,(H,12,13)(H,14,15). The number of anilines is 1. The van der Waals surface area contributed by atoms with Crippen molar-refractivity contribution >= 4 is 22.4 Å². The van der Waals surface area contributed by atoms with Crippen molar-refractivity contribution in [2.45, 2.75) is 32.6 Å². The molecule has 0 fully saturated rings.